The molecule has 4 N–H and O–H groups in total. The molecular formula is C31H36N6O3. The zero-order chi connectivity index (χ0) is 28.4. The molecule has 0 spiro atoms. The number of piperidine rings is 1. The van der Waals surface area contributed by atoms with Crippen LogP contribution in [0.1, 0.15) is 35.8 Å². The van der Waals surface area contributed by atoms with E-state index in [1.807, 2.05) is 61.1 Å². The Morgan fingerprint density at radius 3 is 2.60 bits per heavy atom. The molecule has 2 aliphatic heterocycles. The monoisotopic (exact) mass is 540 g/mol. The van der Waals surface area contributed by atoms with Gasteiger partial charge in [-0.05, 0) is 63.2 Å². The van der Waals surface area contributed by atoms with Gasteiger partial charge in [0.05, 0.1) is 42.5 Å². The Balaban J connectivity index is 1.45. The summed E-state index contributed by atoms with van der Waals surface area (Å²) in [5.41, 5.74) is 12.6. The number of allylic oxidation sites excluding steroid dienone is 2. The summed E-state index contributed by atoms with van der Waals surface area (Å²) in [6.07, 6.45) is 5.75. The van der Waals surface area contributed by atoms with E-state index in [2.05, 4.69) is 27.1 Å². The molecule has 1 saturated heterocycles. The average molecular weight is 541 g/mol. The Kier molecular flexibility index (Phi) is 7.66. The lowest BCUT2D eigenvalue weighted by Gasteiger charge is -2.35. The number of hydrogen-bond acceptors (Lipinski definition) is 7. The number of nitrogens with one attached hydrogen (secondary N) is 2. The van der Waals surface area contributed by atoms with E-state index in [1.54, 1.807) is 26.5 Å². The predicted molar refractivity (Wildman–Crippen MR) is 160 cm³/mol. The van der Waals surface area contributed by atoms with Crippen LogP contribution in [0.25, 0.3) is 16.6 Å². The number of nitrogens with zero attached hydrogens (tertiary/aromatic N) is 3. The van der Waals surface area contributed by atoms with Crippen molar-refractivity contribution in [1.29, 1.82) is 0 Å². The fourth-order valence-electron chi connectivity index (χ4n) is 5.45. The highest BCUT2D eigenvalue weighted by atomic mass is 16.5. The number of methoxy groups -OCH3 is 2. The number of nitrogens with two attached hydrogens (primary N) is 1. The second kappa shape index (κ2) is 11.3. The summed E-state index contributed by atoms with van der Waals surface area (Å²) in [6.45, 7) is 8.31. The highest BCUT2D eigenvalue weighted by Crippen LogP contribution is 2.34. The summed E-state index contributed by atoms with van der Waals surface area (Å²) in [5.74, 6) is 1.31. The first-order valence-corrected chi connectivity index (χ1v) is 13.4. The molecule has 208 valence electrons. The van der Waals surface area contributed by atoms with Crippen LogP contribution in [0.15, 0.2) is 77.8 Å². The molecule has 3 aromatic rings. The number of aliphatic imine (C=N–C) groups is 1. The van der Waals surface area contributed by atoms with Crippen molar-refractivity contribution in [2.45, 2.75) is 19.8 Å². The molecule has 2 aliphatic rings. The maximum atomic E-state index is 13.3. The molecule has 0 radical (unpaired) electrons. The maximum absolute atomic E-state index is 13.3. The van der Waals surface area contributed by atoms with Gasteiger partial charge in [0.1, 0.15) is 17.2 Å². The van der Waals surface area contributed by atoms with Crippen LogP contribution in [-0.4, -0.2) is 48.4 Å². The van der Waals surface area contributed by atoms with E-state index in [0.29, 0.717) is 34.5 Å². The molecule has 1 aromatic heterocycles. The molecule has 0 atom stereocenters. The van der Waals surface area contributed by atoms with E-state index >= 15 is 0 Å². The van der Waals surface area contributed by atoms with Gasteiger partial charge in [-0.2, -0.15) is 0 Å². The van der Waals surface area contributed by atoms with Gasteiger partial charge >= 0.3 is 0 Å². The highest BCUT2D eigenvalue weighted by molar-refractivity contribution is 6.08. The highest BCUT2D eigenvalue weighted by Gasteiger charge is 2.26. The minimum absolute atomic E-state index is 0.261. The number of carbonyl (C=O) groups is 1. The van der Waals surface area contributed by atoms with Gasteiger partial charge in [0.2, 0.25) is 0 Å². The maximum Gasteiger partial charge on any atom is 0.272 e. The molecule has 9 nitrogen and oxygen atoms in total. The van der Waals surface area contributed by atoms with Crippen molar-refractivity contribution >= 4 is 33.9 Å². The van der Waals surface area contributed by atoms with Gasteiger partial charge in [0, 0.05) is 42.0 Å². The molecule has 40 heavy (non-hydrogen) atoms. The minimum atomic E-state index is -0.261. The van der Waals surface area contributed by atoms with E-state index in [0.717, 1.165) is 59.5 Å². The summed E-state index contributed by atoms with van der Waals surface area (Å²) in [7, 11) is 5.05. The molecule has 5 rings (SSSR count). The first kappa shape index (κ1) is 27.1. The standard InChI is InChI=1S/C31H36N6O3/c1-19-30(37(16-15-34-19)20(2)21-11-13-33-14-12-21)29(32)22-9-10-24(28(17-22)40-5)35-31(38)26-18-23-25(36(26)3)7-6-8-27(23)39-4/h6-10,15-18,21,33H,2,11-14,32H2,1,3-5H3,(H,35,38)/b30-29-. The van der Waals surface area contributed by atoms with Gasteiger partial charge in [-0.25, -0.2) is 0 Å². The largest absolute Gasteiger partial charge is 0.496 e. The zero-order valence-electron chi connectivity index (χ0n) is 23.5. The number of carbonyl (C=O) groups excluding carboxylic acids is 1. The zero-order valence-corrected chi connectivity index (χ0v) is 23.5. The van der Waals surface area contributed by atoms with Crippen molar-refractivity contribution in [2.75, 3.05) is 32.6 Å². The third-order valence-electron chi connectivity index (χ3n) is 7.70. The summed E-state index contributed by atoms with van der Waals surface area (Å²) in [6, 6.07) is 13.1. The average Bonchev–Trinajstić information content (AvgIpc) is 3.33. The lowest BCUT2D eigenvalue weighted by Crippen LogP contribution is -2.34. The van der Waals surface area contributed by atoms with E-state index in [4.69, 9.17) is 15.2 Å². The van der Waals surface area contributed by atoms with E-state index in [9.17, 15) is 4.79 Å². The Hall–Kier alpha value is -4.50. The van der Waals surface area contributed by atoms with E-state index < -0.39 is 0 Å². The van der Waals surface area contributed by atoms with Gasteiger partial charge in [0.25, 0.3) is 5.91 Å². The van der Waals surface area contributed by atoms with Crippen molar-refractivity contribution in [1.82, 2.24) is 14.8 Å². The van der Waals surface area contributed by atoms with E-state index in [-0.39, 0.29) is 5.91 Å². The Labute approximate surface area is 234 Å². The van der Waals surface area contributed by atoms with Crippen LogP contribution in [0.4, 0.5) is 5.69 Å². The van der Waals surface area contributed by atoms with Gasteiger partial charge in [0.15, 0.2) is 0 Å². The van der Waals surface area contributed by atoms with Crippen LogP contribution in [-0.2, 0) is 7.05 Å². The van der Waals surface area contributed by atoms with Crippen molar-refractivity contribution in [3.8, 4) is 11.5 Å². The molecule has 3 heterocycles. The fourth-order valence-corrected chi connectivity index (χ4v) is 5.45. The molecule has 2 aromatic carbocycles. The summed E-state index contributed by atoms with van der Waals surface area (Å²) in [5, 5.41) is 7.27. The third-order valence-corrected chi connectivity index (χ3v) is 7.70. The summed E-state index contributed by atoms with van der Waals surface area (Å²) < 4.78 is 13.0. The Morgan fingerprint density at radius 1 is 1.12 bits per heavy atom. The number of anilines is 1. The van der Waals surface area contributed by atoms with Crippen LogP contribution in [0.2, 0.25) is 0 Å². The molecule has 0 saturated carbocycles. The lowest BCUT2D eigenvalue weighted by molar-refractivity contribution is 0.101. The predicted octanol–water partition coefficient (Wildman–Crippen LogP) is 4.84. The van der Waals surface area contributed by atoms with Crippen LogP contribution < -0.4 is 25.8 Å². The number of benzene rings is 2. The molecule has 0 unspecified atom stereocenters. The second-order valence-electron chi connectivity index (χ2n) is 10.0. The molecular weight excluding hydrogens is 504 g/mol. The number of hydrogen-bond donors (Lipinski definition) is 3. The van der Waals surface area contributed by atoms with Gasteiger partial charge in [-0.1, -0.05) is 18.7 Å². The first-order valence-electron chi connectivity index (χ1n) is 13.4. The molecule has 1 fully saturated rings. The van der Waals surface area contributed by atoms with Crippen molar-refractivity contribution in [3.63, 3.8) is 0 Å². The lowest BCUT2D eigenvalue weighted by atomic mass is 9.93. The van der Waals surface area contributed by atoms with Crippen molar-refractivity contribution in [3.05, 3.63) is 84.1 Å². The summed E-state index contributed by atoms with van der Waals surface area (Å²) >= 11 is 0. The van der Waals surface area contributed by atoms with E-state index in [1.165, 1.54) is 0 Å². The fraction of sp³-hybridized carbons (Fsp3) is 0.290. The van der Waals surface area contributed by atoms with Crippen LogP contribution >= 0.6 is 0 Å². The van der Waals surface area contributed by atoms with Crippen LogP contribution in [0, 0.1) is 5.92 Å². The van der Waals surface area contributed by atoms with Crippen molar-refractivity contribution in [2.24, 2.45) is 23.7 Å². The van der Waals surface area contributed by atoms with Crippen LogP contribution in [0.3, 0.4) is 0 Å². The molecule has 0 bridgehead atoms. The van der Waals surface area contributed by atoms with Crippen LogP contribution in [0.5, 0.6) is 11.5 Å². The SMILES string of the molecule is C=C(C1CCNCC1)N1C=CN=C(C)/C1=C(/N)c1ccc(NC(=O)c2cc3c(OC)cccc3n2C)c(OC)c1. The summed E-state index contributed by atoms with van der Waals surface area (Å²) in [4.78, 5) is 19.9. The van der Waals surface area contributed by atoms with Gasteiger partial charge < -0.3 is 35.3 Å². The quantitative estimate of drug-likeness (QED) is 0.396. The second-order valence-corrected chi connectivity index (χ2v) is 10.0. The Morgan fingerprint density at radius 2 is 1.88 bits per heavy atom. The molecule has 9 heteroatoms. The number of ether oxygens (including phenoxy) is 2. The van der Waals surface area contributed by atoms with Crippen molar-refractivity contribution < 1.29 is 14.3 Å². The minimum Gasteiger partial charge on any atom is -0.496 e. The molecule has 1 amide bonds. The number of aryl methyl sites for hydroxylation is 1. The number of aromatic nitrogens is 1. The number of amides is 1. The normalized spacial score (nSPS) is 17.0. The third kappa shape index (κ3) is 4.96. The molecule has 0 aliphatic carbocycles. The smallest absolute Gasteiger partial charge is 0.272 e. The Bertz CT molecular complexity index is 1560. The van der Waals surface area contributed by atoms with Gasteiger partial charge in [-0.3, -0.25) is 9.79 Å². The first-order chi connectivity index (χ1) is 19.3. The topological polar surface area (TPSA) is 106 Å². The number of rotatable bonds is 7. The number of fused-ring (bicyclic) bond motifs is 1. The van der Waals surface area contributed by atoms with Gasteiger partial charge in [-0.15, -0.1) is 0 Å².